The van der Waals surface area contributed by atoms with Crippen molar-refractivity contribution in [3.8, 4) is 0 Å². The quantitative estimate of drug-likeness (QED) is 0.597. The third kappa shape index (κ3) is 4.26. The molecule has 0 unspecified atom stereocenters. The molecule has 144 valence electrons. The molecular formula is C19H17N3O4S2. The number of hydrogen-bond donors (Lipinski definition) is 2. The Balaban J connectivity index is 1.87. The van der Waals surface area contributed by atoms with Gasteiger partial charge in [0.15, 0.2) is 10.9 Å². The lowest BCUT2D eigenvalue weighted by molar-refractivity contribution is 0.101. The van der Waals surface area contributed by atoms with Crippen molar-refractivity contribution in [2.45, 2.75) is 18.7 Å². The Kier molecular flexibility index (Phi) is 5.57. The highest BCUT2D eigenvalue weighted by Gasteiger charge is 2.20. The molecule has 28 heavy (non-hydrogen) atoms. The second-order valence-electron chi connectivity index (χ2n) is 5.91. The van der Waals surface area contributed by atoms with E-state index in [4.69, 9.17) is 0 Å². The van der Waals surface area contributed by atoms with Crippen molar-refractivity contribution < 1.29 is 18.0 Å². The van der Waals surface area contributed by atoms with Crippen LogP contribution < -0.4 is 10.0 Å². The summed E-state index contributed by atoms with van der Waals surface area (Å²) >= 11 is 1.08. The monoisotopic (exact) mass is 415 g/mol. The SMILES string of the molecule is CC(=O)c1sc(NC(=O)c2ccccc2NS(=O)(=O)c2ccccc2)nc1C. The average Bonchev–Trinajstić information content (AvgIpc) is 3.03. The molecule has 0 aliphatic heterocycles. The van der Waals surface area contributed by atoms with Crippen LogP contribution in [0.15, 0.2) is 59.5 Å². The summed E-state index contributed by atoms with van der Waals surface area (Å²) in [5.41, 5.74) is 0.814. The van der Waals surface area contributed by atoms with Gasteiger partial charge < -0.3 is 0 Å². The number of hydrogen-bond acceptors (Lipinski definition) is 6. The molecule has 0 fully saturated rings. The molecule has 1 aromatic heterocycles. The fourth-order valence-corrected chi connectivity index (χ4v) is 4.47. The molecule has 3 aromatic rings. The Morgan fingerprint density at radius 1 is 1.00 bits per heavy atom. The summed E-state index contributed by atoms with van der Waals surface area (Å²) in [5, 5.41) is 2.89. The minimum Gasteiger partial charge on any atom is -0.298 e. The summed E-state index contributed by atoms with van der Waals surface area (Å²) < 4.78 is 27.6. The van der Waals surface area contributed by atoms with Crippen molar-refractivity contribution in [1.82, 2.24) is 4.98 Å². The van der Waals surface area contributed by atoms with Gasteiger partial charge in [-0.1, -0.05) is 41.7 Å². The number of thiazole rings is 1. The number of nitrogens with zero attached hydrogens (tertiary/aromatic N) is 1. The summed E-state index contributed by atoms with van der Waals surface area (Å²) in [4.78, 5) is 29.0. The van der Waals surface area contributed by atoms with Crippen LogP contribution in [0.3, 0.4) is 0 Å². The van der Waals surface area contributed by atoms with E-state index < -0.39 is 15.9 Å². The summed E-state index contributed by atoms with van der Waals surface area (Å²) in [6, 6.07) is 14.1. The Hall–Kier alpha value is -3.04. The van der Waals surface area contributed by atoms with Gasteiger partial charge in [0.05, 0.1) is 26.7 Å². The molecule has 0 radical (unpaired) electrons. The fraction of sp³-hybridized carbons (Fsp3) is 0.105. The van der Waals surface area contributed by atoms with Crippen molar-refractivity contribution in [2.24, 2.45) is 0 Å². The minimum absolute atomic E-state index is 0.0897. The lowest BCUT2D eigenvalue weighted by Gasteiger charge is -2.12. The van der Waals surface area contributed by atoms with Crippen molar-refractivity contribution in [3.63, 3.8) is 0 Å². The van der Waals surface area contributed by atoms with E-state index in [0.29, 0.717) is 10.6 Å². The van der Waals surface area contributed by atoms with Crippen LogP contribution >= 0.6 is 11.3 Å². The highest BCUT2D eigenvalue weighted by atomic mass is 32.2. The molecule has 0 spiro atoms. The molecule has 0 saturated carbocycles. The smallest absolute Gasteiger partial charge is 0.261 e. The number of benzene rings is 2. The van der Waals surface area contributed by atoms with Crippen molar-refractivity contribution in [1.29, 1.82) is 0 Å². The first-order valence-electron chi connectivity index (χ1n) is 8.24. The van der Waals surface area contributed by atoms with Gasteiger partial charge in [0.25, 0.3) is 15.9 Å². The normalized spacial score (nSPS) is 11.1. The number of rotatable bonds is 6. The molecule has 3 rings (SSSR count). The second kappa shape index (κ2) is 7.91. The number of anilines is 2. The minimum atomic E-state index is -3.84. The lowest BCUT2D eigenvalue weighted by Crippen LogP contribution is -2.18. The topological polar surface area (TPSA) is 105 Å². The molecule has 9 heteroatoms. The summed E-state index contributed by atoms with van der Waals surface area (Å²) in [6.45, 7) is 3.12. The molecule has 0 atom stereocenters. The average molecular weight is 415 g/mol. The highest BCUT2D eigenvalue weighted by molar-refractivity contribution is 7.92. The number of aromatic nitrogens is 1. The number of carbonyl (C=O) groups is 2. The molecule has 7 nitrogen and oxygen atoms in total. The lowest BCUT2D eigenvalue weighted by atomic mass is 10.2. The predicted molar refractivity (Wildman–Crippen MR) is 109 cm³/mol. The number of para-hydroxylation sites is 1. The molecule has 0 aliphatic rings. The van der Waals surface area contributed by atoms with Crippen LogP contribution in [0.1, 0.15) is 32.6 Å². The molecular weight excluding hydrogens is 398 g/mol. The first-order valence-corrected chi connectivity index (χ1v) is 10.5. The van der Waals surface area contributed by atoms with E-state index in [2.05, 4.69) is 15.0 Å². The maximum absolute atomic E-state index is 12.7. The van der Waals surface area contributed by atoms with Crippen LogP contribution in [0.5, 0.6) is 0 Å². The Labute approximate surface area is 166 Å². The largest absolute Gasteiger partial charge is 0.298 e. The molecule has 0 bridgehead atoms. The Morgan fingerprint density at radius 2 is 1.64 bits per heavy atom. The van der Waals surface area contributed by atoms with Gasteiger partial charge in [0, 0.05) is 6.92 Å². The summed E-state index contributed by atoms with van der Waals surface area (Å²) in [5.74, 6) is -0.665. The number of sulfonamides is 1. The third-order valence-corrected chi connectivity index (χ3v) is 6.36. The van der Waals surface area contributed by atoms with Gasteiger partial charge in [-0.15, -0.1) is 0 Å². The van der Waals surface area contributed by atoms with Crippen LogP contribution in [0, 0.1) is 6.92 Å². The maximum atomic E-state index is 12.7. The van der Waals surface area contributed by atoms with Gasteiger partial charge in [0.2, 0.25) is 0 Å². The molecule has 1 heterocycles. The standard InChI is InChI=1S/C19H17N3O4S2/c1-12-17(13(2)23)27-19(20-12)21-18(24)15-10-6-7-11-16(15)22-28(25,26)14-8-4-3-5-9-14/h3-11,22H,1-2H3,(H,20,21,24). The van der Waals surface area contributed by atoms with E-state index in [0.717, 1.165) is 11.3 Å². The number of ketones is 1. The number of Topliss-reactive ketones (excluding diaryl/α,β-unsaturated/α-hetero) is 1. The van der Waals surface area contributed by atoms with Crippen molar-refractivity contribution in [2.75, 3.05) is 10.0 Å². The number of nitrogens with one attached hydrogen (secondary N) is 2. The van der Waals surface area contributed by atoms with E-state index in [-0.39, 0.29) is 27.1 Å². The van der Waals surface area contributed by atoms with Crippen molar-refractivity contribution >= 4 is 43.9 Å². The van der Waals surface area contributed by atoms with Gasteiger partial charge in [0.1, 0.15) is 0 Å². The predicted octanol–water partition coefficient (Wildman–Crippen LogP) is 3.71. The number of carbonyl (C=O) groups excluding carboxylic acids is 2. The van der Waals surface area contributed by atoms with Crippen LogP contribution in [-0.4, -0.2) is 25.1 Å². The Bertz CT molecular complexity index is 1140. The van der Waals surface area contributed by atoms with E-state index in [1.807, 2.05) is 0 Å². The number of aryl methyl sites for hydroxylation is 1. The zero-order valence-corrected chi connectivity index (χ0v) is 16.7. The van der Waals surface area contributed by atoms with Crippen LogP contribution in [0.4, 0.5) is 10.8 Å². The molecule has 2 N–H and O–H groups in total. The Morgan fingerprint density at radius 3 is 2.29 bits per heavy atom. The van der Waals surface area contributed by atoms with Gasteiger partial charge in [-0.3, -0.25) is 19.6 Å². The van der Waals surface area contributed by atoms with Gasteiger partial charge in [-0.25, -0.2) is 13.4 Å². The maximum Gasteiger partial charge on any atom is 0.261 e. The molecule has 0 saturated heterocycles. The summed E-state index contributed by atoms with van der Waals surface area (Å²) in [7, 11) is -3.84. The zero-order chi connectivity index (χ0) is 20.3. The van der Waals surface area contributed by atoms with Gasteiger partial charge >= 0.3 is 0 Å². The summed E-state index contributed by atoms with van der Waals surface area (Å²) in [6.07, 6.45) is 0. The second-order valence-corrected chi connectivity index (χ2v) is 8.59. The van der Waals surface area contributed by atoms with Crippen LogP contribution in [-0.2, 0) is 10.0 Å². The number of amides is 1. The van der Waals surface area contributed by atoms with E-state index >= 15 is 0 Å². The highest BCUT2D eigenvalue weighted by Crippen LogP contribution is 2.25. The van der Waals surface area contributed by atoms with Crippen molar-refractivity contribution in [3.05, 3.63) is 70.7 Å². The first-order chi connectivity index (χ1) is 13.3. The van der Waals surface area contributed by atoms with Crippen LogP contribution in [0.25, 0.3) is 0 Å². The van der Waals surface area contributed by atoms with E-state index in [1.54, 1.807) is 37.3 Å². The van der Waals surface area contributed by atoms with E-state index in [9.17, 15) is 18.0 Å². The van der Waals surface area contributed by atoms with Gasteiger partial charge in [-0.05, 0) is 31.2 Å². The van der Waals surface area contributed by atoms with Crippen LogP contribution in [0.2, 0.25) is 0 Å². The van der Waals surface area contributed by atoms with E-state index in [1.165, 1.54) is 31.2 Å². The zero-order valence-electron chi connectivity index (χ0n) is 15.1. The molecule has 1 amide bonds. The first kappa shape index (κ1) is 19.7. The third-order valence-electron chi connectivity index (χ3n) is 3.81. The molecule has 0 aliphatic carbocycles. The fourth-order valence-electron chi connectivity index (χ4n) is 2.51. The van der Waals surface area contributed by atoms with Gasteiger partial charge in [-0.2, -0.15) is 0 Å². The molecule has 2 aromatic carbocycles.